The summed E-state index contributed by atoms with van der Waals surface area (Å²) in [4.78, 5) is 16.8. The molecule has 1 heterocycles. The number of alkyl halides is 3. The van der Waals surface area contributed by atoms with Gasteiger partial charge in [-0.1, -0.05) is 6.92 Å². The first kappa shape index (κ1) is 16.9. The monoisotopic (exact) mass is 307 g/mol. The van der Waals surface area contributed by atoms with Crippen molar-refractivity contribution in [3.63, 3.8) is 0 Å². The fraction of sp³-hybridized carbons (Fsp3) is 0.636. The van der Waals surface area contributed by atoms with Crippen LogP contribution in [-0.2, 0) is 6.18 Å². The molecule has 0 saturated carbocycles. The van der Waals surface area contributed by atoms with Crippen molar-refractivity contribution in [3.8, 4) is 0 Å². The minimum absolute atomic E-state index is 0.192. The molecule has 21 heavy (non-hydrogen) atoms. The molecule has 2 N–H and O–H groups in total. The van der Waals surface area contributed by atoms with Crippen molar-refractivity contribution in [2.75, 3.05) is 17.2 Å². The number of halogens is 3. The average Bonchev–Trinajstić information content (AvgIpc) is 2.37. The van der Waals surface area contributed by atoms with E-state index in [0.29, 0.717) is 6.42 Å². The molecular weight excluding hydrogens is 291 g/mol. The zero-order valence-corrected chi connectivity index (χ0v) is 11.8. The molecule has 0 aliphatic rings. The third-order valence-electron chi connectivity index (χ3n) is 2.66. The summed E-state index contributed by atoms with van der Waals surface area (Å²) in [5.41, 5.74) is -0.592. The Morgan fingerprint density at radius 3 is 2.29 bits per heavy atom. The molecule has 1 aromatic rings. The number of anilines is 2. The number of nitrogens with zero attached hydrogens (tertiary/aromatic N) is 3. The van der Waals surface area contributed by atoms with Crippen LogP contribution in [0, 0.1) is 10.1 Å². The van der Waals surface area contributed by atoms with Crippen LogP contribution in [-0.4, -0.2) is 27.5 Å². The normalized spacial score (nSPS) is 12.9. The van der Waals surface area contributed by atoms with E-state index in [1.54, 1.807) is 20.8 Å². The molecule has 1 aromatic heterocycles. The molecule has 0 spiro atoms. The van der Waals surface area contributed by atoms with Gasteiger partial charge in [0, 0.05) is 12.6 Å². The first-order valence-corrected chi connectivity index (χ1v) is 6.34. The minimum Gasteiger partial charge on any atom is -0.364 e. The van der Waals surface area contributed by atoms with E-state index in [9.17, 15) is 23.3 Å². The molecule has 0 aliphatic carbocycles. The van der Waals surface area contributed by atoms with Crippen molar-refractivity contribution >= 4 is 17.3 Å². The van der Waals surface area contributed by atoms with Gasteiger partial charge in [-0.25, -0.2) is 9.97 Å². The Bertz CT molecular complexity index is 521. The van der Waals surface area contributed by atoms with E-state index < -0.39 is 34.2 Å². The number of hydrogen-bond donors (Lipinski definition) is 2. The molecule has 0 radical (unpaired) electrons. The molecule has 0 aliphatic heterocycles. The van der Waals surface area contributed by atoms with Gasteiger partial charge in [0.1, 0.15) is 0 Å². The van der Waals surface area contributed by atoms with Crippen LogP contribution in [0.25, 0.3) is 0 Å². The van der Waals surface area contributed by atoms with Crippen LogP contribution in [0.4, 0.5) is 30.5 Å². The Morgan fingerprint density at radius 2 is 1.86 bits per heavy atom. The van der Waals surface area contributed by atoms with Crippen LogP contribution >= 0.6 is 0 Å². The maximum atomic E-state index is 12.8. The van der Waals surface area contributed by atoms with E-state index in [1.165, 1.54) is 0 Å². The van der Waals surface area contributed by atoms with Crippen molar-refractivity contribution in [2.45, 2.75) is 39.4 Å². The number of rotatable bonds is 6. The molecule has 0 aromatic carbocycles. The summed E-state index contributed by atoms with van der Waals surface area (Å²) < 4.78 is 38.4. The average molecular weight is 307 g/mol. The Labute approximate surface area is 119 Å². The van der Waals surface area contributed by atoms with Crippen LogP contribution in [0.15, 0.2) is 0 Å². The van der Waals surface area contributed by atoms with Crippen molar-refractivity contribution < 1.29 is 18.1 Å². The van der Waals surface area contributed by atoms with Crippen LogP contribution in [0.5, 0.6) is 0 Å². The quantitative estimate of drug-likeness (QED) is 0.620. The third kappa shape index (κ3) is 4.17. The number of nitro groups is 1. The first-order chi connectivity index (χ1) is 9.70. The van der Waals surface area contributed by atoms with Gasteiger partial charge in [-0.05, 0) is 20.3 Å². The second kappa shape index (κ2) is 6.55. The Balaban J connectivity index is 3.47. The molecule has 1 rings (SSSR count). The Kier molecular flexibility index (Phi) is 5.28. The summed E-state index contributed by atoms with van der Waals surface area (Å²) in [6, 6.07) is -0.269. The van der Waals surface area contributed by atoms with Gasteiger partial charge in [-0.3, -0.25) is 10.1 Å². The van der Waals surface area contributed by atoms with Crippen molar-refractivity contribution in [2.24, 2.45) is 0 Å². The predicted molar refractivity (Wildman–Crippen MR) is 71.2 cm³/mol. The van der Waals surface area contributed by atoms with Gasteiger partial charge >= 0.3 is 11.9 Å². The van der Waals surface area contributed by atoms with Crippen LogP contribution in [0.3, 0.4) is 0 Å². The summed E-state index contributed by atoms with van der Waals surface area (Å²) in [7, 11) is 0. The lowest BCUT2D eigenvalue weighted by Gasteiger charge is -2.15. The highest BCUT2D eigenvalue weighted by molar-refractivity contribution is 5.70. The first-order valence-electron chi connectivity index (χ1n) is 6.34. The van der Waals surface area contributed by atoms with E-state index >= 15 is 0 Å². The Hall–Kier alpha value is -2.13. The second-order valence-electron chi connectivity index (χ2n) is 4.33. The van der Waals surface area contributed by atoms with Gasteiger partial charge in [-0.15, -0.1) is 0 Å². The number of hydrogen-bond acceptors (Lipinski definition) is 6. The highest BCUT2D eigenvalue weighted by Crippen LogP contribution is 2.35. The number of nitrogens with one attached hydrogen (secondary N) is 2. The summed E-state index contributed by atoms with van der Waals surface area (Å²) in [5.74, 6) is -2.31. The van der Waals surface area contributed by atoms with E-state index in [0.717, 1.165) is 0 Å². The molecule has 0 fully saturated rings. The number of aromatic nitrogens is 2. The zero-order valence-electron chi connectivity index (χ0n) is 11.8. The van der Waals surface area contributed by atoms with E-state index in [-0.39, 0.29) is 12.6 Å². The van der Waals surface area contributed by atoms with Gasteiger partial charge in [0.25, 0.3) is 0 Å². The fourth-order valence-electron chi connectivity index (χ4n) is 1.48. The molecule has 0 bridgehead atoms. The lowest BCUT2D eigenvalue weighted by molar-refractivity contribution is -0.383. The van der Waals surface area contributed by atoms with Gasteiger partial charge in [0.15, 0.2) is 0 Å². The maximum absolute atomic E-state index is 12.8. The second-order valence-corrected chi connectivity index (χ2v) is 4.33. The van der Waals surface area contributed by atoms with Crippen LogP contribution in [0.2, 0.25) is 0 Å². The molecule has 0 saturated heterocycles. The smallest absolute Gasteiger partial charge is 0.364 e. The van der Waals surface area contributed by atoms with E-state index in [2.05, 4.69) is 20.6 Å². The molecule has 7 nitrogen and oxygen atoms in total. The zero-order chi connectivity index (χ0) is 16.2. The van der Waals surface area contributed by atoms with Crippen molar-refractivity contribution in [3.05, 3.63) is 15.9 Å². The molecule has 1 unspecified atom stereocenters. The highest BCUT2D eigenvalue weighted by atomic mass is 19.4. The largest absolute Gasteiger partial charge is 0.451 e. The van der Waals surface area contributed by atoms with E-state index in [4.69, 9.17) is 0 Å². The maximum Gasteiger partial charge on any atom is 0.451 e. The molecule has 1 atom stereocenters. The lowest BCUT2D eigenvalue weighted by Crippen LogP contribution is -2.21. The van der Waals surface area contributed by atoms with E-state index in [1.807, 2.05) is 0 Å². The molecular formula is C11H16F3N5O2. The fourth-order valence-corrected chi connectivity index (χ4v) is 1.48. The Morgan fingerprint density at radius 1 is 1.29 bits per heavy atom. The summed E-state index contributed by atoms with van der Waals surface area (Å²) in [6.45, 7) is 5.27. The predicted octanol–water partition coefficient (Wildman–Crippen LogP) is 3.05. The molecule has 118 valence electrons. The standard InChI is InChI=1S/C11H16F3N5O2/c1-4-6(3)16-9-7(19(20)21)8(15-5-2)17-10(18-9)11(12,13)14/h6H,4-5H2,1-3H3,(H2,15,16,17,18). The van der Waals surface area contributed by atoms with Crippen molar-refractivity contribution in [1.29, 1.82) is 0 Å². The SMILES string of the molecule is CCNc1nc(C(F)(F)F)nc(NC(C)CC)c1[N+](=O)[O-]. The highest BCUT2D eigenvalue weighted by Gasteiger charge is 2.38. The summed E-state index contributed by atoms with van der Waals surface area (Å²) in [6.07, 6.45) is -4.22. The minimum atomic E-state index is -4.79. The lowest BCUT2D eigenvalue weighted by atomic mass is 10.2. The molecule has 10 heteroatoms. The van der Waals surface area contributed by atoms with Gasteiger partial charge < -0.3 is 10.6 Å². The van der Waals surface area contributed by atoms with Crippen LogP contribution < -0.4 is 10.6 Å². The third-order valence-corrected chi connectivity index (χ3v) is 2.66. The van der Waals surface area contributed by atoms with Gasteiger partial charge in [-0.2, -0.15) is 13.2 Å². The van der Waals surface area contributed by atoms with Gasteiger partial charge in [0.05, 0.1) is 4.92 Å². The van der Waals surface area contributed by atoms with Crippen molar-refractivity contribution in [1.82, 2.24) is 9.97 Å². The topological polar surface area (TPSA) is 93.0 Å². The van der Waals surface area contributed by atoms with Gasteiger partial charge in [0.2, 0.25) is 17.5 Å². The van der Waals surface area contributed by atoms with Crippen LogP contribution in [0.1, 0.15) is 33.0 Å². The summed E-state index contributed by atoms with van der Waals surface area (Å²) >= 11 is 0. The molecule has 0 amide bonds. The summed E-state index contributed by atoms with van der Waals surface area (Å²) in [5, 5.41) is 16.2.